The number of esters is 1. The number of nitrogens with one attached hydrogen (secondary N) is 2. The summed E-state index contributed by atoms with van der Waals surface area (Å²) in [5.74, 6) is -0.556. The third-order valence-corrected chi connectivity index (χ3v) is 7.11. The Labute approximate surface area is 212 Å². The average Bonchev–Trinajstić information content (AvgIpc) is 2.80. The van der Waals surface area contributed by atoms with E-state index in [0.717, 1.165) is 23.8 Å². The van der Waals surface area contributed by atoms with E-state index in [1.165, 1.54) is 19.1 Å². The first-order chi connectivity index (χ1) is 17.3. The molecule has 2 heterocycles. The lowest BCUT2D eigenvalue weighted by Crippen LogP contribution is -2.54. The summed E-state index contributed by atoms with van der Waals surface area (Å²) >= 11 is 0. The summed E-state index contributed by atoms with van der Waals surface area (Å²) in [4.78, 5) is 38.0. The number of benzene rings is 1. The molecule has 0 aliphatic carbocycles. The topological polar surface area (TPSA) is 158 Å². The maximum absolute atomic E-state index is 15.3. The number of hydrogen-bond donors (Lipinski definition) is 3. The van der Waals surface area contributed by atoms with Crippen LogP contribution in [-0.4, -0.2) is 57.3 Å². The number of aromatic nitrogens is 2. The first-order valence-corrected chi connectivity index (χ1v) is 13.2. The van der Waals surface area contributed by atoms with Gasteiger partial charge in [0, 0.05) is 18.7 Å². The molecule has 1 aromatic heterocycles. The van der Waals surface area contributed by atoms with Crippen LogP contribution in [0.15, 0.2) is 52.2 Å². The highest BCUT2D eigenvalue weighted by molar-refractivity contribution is 7.52. The average molecular weight is 543 g/mol. The van der Waals surface area contributed by atoms with Crippen LogP contribution in [0.2, 0.25) is 0 Å². The van der Waals surface area contributed by atoms with Crippen LogP contribution in [-0.2, 0) is 23.4 Å². The first kappa shape index (κ1) is 28.7. The monoisotopic (exact) mass is 543 g/mol. The van der Waals surface area contributed by atoms with Crippen LogP contribution < -0.4 is 20.9 Å². The predicted molar refractivity (Wildman–Crippen MR) is 130 cm³/mol. The molecule has 1 aliphatic heterocycles. The maximum Gasteiger partial charge on any atom is 0.459 e. The second kappa shape index (κ2) is 11.7. The summed E-state index contributed by atoms with van der Waals surface area (Å²) in [5, 5.41) is 13.1. The normalized spacial score (nSPS) is 26.3. The summed E-state index contributed by atoms with van der Waals surface area (Å²) in [6.07, 6.45) is -4.03. The van der Waals surface area contributed by atoms with E-state index in [1.54, 1.807) is 32.0 Å². The molecule has 1 fully saturated rings. The molecule has 12 nitrogen and oxygen atoms in total. The molecule has 1 aliphatic rings. The highest BCUT2D eigenvalue weighted by Crippen LogP contribution is 2.46. The van der Waals surface area contributed by atoms with E-state index in [2.05, 4.69) is 10.1 Å². The van der Waals surface area contributed by atoms with Crippen molar-refractivity contribution in [2.24, 2.45) is 0 Å². The molecule has 0 radical (unpaired) electrons. The zero-order valence-corrected chi connectivity index (χ0v) is 21.7. The van der Waals surface area contributed by atoms with Crippen LogP contribution in [0.4, 0.5) is 4.39 Å². The number of aliphatic hydroxyl groups excluding tert-OH is 1. The lowest BCUT2D eigenvalue weighted by atomic mass is 9.89. The number of aromatic amines is 1. The van der Waals surface area contributed by atoms with E-state index in [9.17, 15) is 24.1 Å². The molecular formula is C23H31FN3O9P. The lowest BCUT2D eigenvalue weighted by Gasteiger charge is -2.42. The smallest absolute Gasteiger partial charge is 0.459 e. The molecular weight excluding hydrogens is 512 g/mol. The molecule has 0 saturated carbocycles. The number of H-pyrrole nitrogens is 1. The van der Waals surface area contributed by atoms with E-state index in [-0.39, 0.29) is 5.75 Å². The standard InChI is InChI=1S/C23H31FN3O9P/c1-14(2)34-21(30)15(3)26-37(32,36-16-8-6-5-7-9-16)33-13-17-20(29)23(4,24)12-19(35-17)27-11-10-18(28)25-22(27)31/h5-11,14-15,17,19-20,29H,12-13H2,1-4H3,(H,26,32)(H,25,28,31)/t15-,17?,19+,20+,23?,37?/m0/s1. The minimum Gasteiger partial charge on any atom is -0.462 e. The number of alkyl halides is 1. The van der Waals surface area contributed by atoms with E-state index in [1.807, 2.05) is 0 Å². The Kier molecular flexibility index (Phi) is 9.09. The second-order valence-electron chi connectivity index (χ2n) is 9.11. The second-order valence-corrected chi connectivity index (χ2v) is 10.8. The Hall–Kier alpha value is -2.83. The van der Waals surface area contributed by atoms with Gasteiger partial charge in [-0.15, -0.1) is 0 Å². The van der Waals surface area contributed by atoms with Crippen LogP contribution in [0.1, 0.15) is 40.3 Å². The SMILES string of the molecule is CC(C)OC(=O)[C@H](C)NP(=O)(OCC1O[C@@H](n2ccc(=O)[nH]c2=O)CC(C)(F)[C@@H]1O)Oc1ccccc1. The Morgan fingerprint density at radius 1 is 1.30 bits per heavy atom. The number of para-hydroxylation sites is 1. The van der Waals surface area contributed by atoms with Gasteiger partial charge in [0.15, 0.2) is 0 Å². The zero-order valence-electron chi connectivity index (χ0n) is 20.8. The van der Waals surface area contributed by atoms with Gasteiger partial charge in [-0.3, -0.25) is 23.7 Å². The molecule has 37 heavy (non-hydrogen) atoms. The number of carbonyl (C=O) groups excluding carboxylic acids is 1. The molecule has 0 bridgehead atoms. The molecule has 3 unspecified atom stereocenters. The van der Waals surface area contributed by atoms with Crippen molar-refractivity contribution in [3.05, 3.63) is 63.4 Å². The molecule has 204 valence electrons. The molecule has 0 spiro atoms. The minimum absolute atomic E-state index is 0.154. The number of hydrogen-bond acceptors (Lipinski definition) is 9. The maximum atomic E-state index is 15.3. The number of carbonyl (C=O) groups is 1. The van der Waals surface area contributed by atoms with Gasteiger partial charge >= 0.3 is 19.4 Å². The quantitative estimate of drug-likeness (QED) is 0.299. The number of ether oxygens (including phenoxy) is 2. The van der Waals surface area contributed by atoms with Crippen LogP contribution in [0.25, 0.3) is 0 Å². The van der Waals surface area contributed by atoms with Crippen LogP contribution in [0.3, 0.4) is 0 Å². The van der Waals surface area contributed by atoms with Crippen LogP contribution in [0, 0.1) is 0 Å². The van der Waals surface area contributed by atoms with Gasteiger partial charge < -0.3 is 19.1 Å². The molecule has 0 amide bonds. The Bertz CT molecular complexity index is 1230. The van der Waals surface area contributed by atoms with Crippen LogP contribution in [0.5, 0.6) is 5.75 Å². The molecule has 6 atom stereocenters. The fraction of sp³-hybridized carbons (Fsp3) is 0.522. The van der Waals surface area contributed by atoms with Gasteiger partial charge in [0.25, 0.3) is 5.56 Å². The first-order valence-electron chi connectivity index (χ1n) is 11.6. The summed E-state index contributed by atoms with van der Waals surface area (Å²) in [6, 6.07) is 7.95. The molecule has 14 heteroatoms. The van der Waals surface area contributed by atoms with E-state index >= 15 is 4.39 Å². The number of aliphatic hydroxyl groups is 1. The van der Waals surface area contributed by atoms with Crippen molar-refractivity contribution in [2.75, 3.05) is 6.61 Å². The van der Waals surface area contributed by atoms with Crippen molar-refractivity contribution in [3.63, 3.8) is 0 Å². The van der Waals surface area contributed by atoms with Crippen molar-refractivity contribution in [2.45, 2.75) is 70.4 Å². The van der Waals surface area contributed by atoms with Crippen molar-refractivity contribution < 1.29 is 37.4 Å². The van der Waals surface area contributed by atoms with Crippen molar-refractivity contribution in [3.8, 4) is 5.75 Å². The highest BCUT2D eigenvalue weighted by atomic mass is 31.2. The zero-order chi connectivity index (χ0) is 27.4. The fourth-order valence-electron chi connectivity index (χ4n) is 3.63. The van der Waals surface area contributed by atoms with Gasteiger partial charge in [0.05, 0.1) is 12.7 Å². The lowest BCUT2D eigenvalue weighted by molar-refractivity contribution is -0.213. The summed E-state index contributed by atoms with van der Waals surface area (Å²) < 4.78 is 51.8. The number of rotatable bonds is 10. The predicted octanol–water partition coefficient (Wildman–Crippen LogP) is 2.05. The Morgan fingerprint density at radius 2 is 1.97 bits per heavy atom. The van der Waals surface area contributed by atoms with Gasteiger partial charge in [-0.2, -0.15) is 5.09 Å². The summed E-state index contributed by atoms with van der Waals surface area (Å²) in [7, 11) is -4.32. The van der Waals surface area contributed by atoms with Gasteiger partial charge in [0.2, 0.25) is 0 Å². The van der Waals surface area contributed by atoms with E-state index in [0.29, 0.717) is 0 Å². The van der Waals surface area contributed by atoms with Crippen molar-refractivity contribution >= 4 is 13.7 Å². The Balaban J connectivity index is 1.82. The molecule has 1 aromatic carbocycles. The molecule has 3 rings (SSSR count). The van der Waals surface area contributed by atoms with Gasteiger partial charge in [-0.1, -0.05) is 18.2 Å². The largest absolute Gasteiger partial charge is 0.462 e. The van der Waals surface area contributed by atoms with E-state index < -0.39 is 74.2 Å². The fourth-order valence-corrected chi connectivity index (χ4v) is 5.13. The highest BCUT2D eigenvalue weighted by Gasteiger charge is 2.48. The van der Waals surface area contributed by atoms with Gasteiger partial charge in [0.1, 0.15) is 35.9 Å². The number of halogens is 1. The minimum atomic E-state index is -4.32. The number of nitrogens with zero attached hydrogens (tertiary/aromatic N) is 1. The Morgan fingerprint density at radius 3 is 2.59 bits per heavy atom. The van der Waals surface area contributed by atoms with Gasteiger partial charge in [-0.05, 0) is 39.8 Å². The van der Waals surface area contributed by atoms with E-state index in [4.69, 9.17) is 18.5 Å². The van der Waals surface area contributed by atoms with Gasteiger partial charge in [-0.25, -0.2) is 13.8 Å². The third-order valence-electron chi connectivity index (χ3n) is 5.47. The molecule has 2 aromatic rings. The summed E-state index contributed by atoms with van der Waals surface area (Å²) in [6.45, 7) is 5.19. The molecule has 1 saturated heterocycles. The van der Waals surface area contributed by atoms with Crippen molar-refractivity contribution in [1.29, 1.82) is 0 Å². The third kappa shape index (κ3) is 7.59. The molecule has 3 N–H and O–H groups in total. The summed E-state index contributed by atoms with van der Waals surface area (Å²) in [5.41, 5.74) is -3.71. The van der Waals surface area contributed by atoms with Crippen molar-refractivity contribution in [1.82, 2.24) is 14.6 Å². The van der Waals surface area contributed by atoms with Crippen LogP contribution >= 0.6 is 7.75 Å².